The molecular formula is C18H20N4O6S2. The van der Waals surface area contributed by atoms with E-state index in [4.69, 9.17) is 4.74 Å². The molecule has 0 spiro atoms. The molecule has 10 nitrogen and oxygen atoms in total. The maximum atomic E-state index is 12.2. The van der Waals surface area contributed by atoms with Crippen molar-refractivity contribution in [2.24, 2.45) is 4.99 Å². The van der Waals surface area contributed by atoms with Gasteiger partial charge in [0.2, 0.25) is 15.9 Å². The molecule has 2 aromatic rings. The molecule has 1 aliphatic heterocycles. The number of amidine groups is 1. The van der Waals surface area contributed by atoms with Crippen molar-refractivity contribution in [2.45, 2.75) is 11.3 Å². The third-order valence-corrected chi connectivity index (χ3v) is 6.04. The van der Waals surface area contributed by atoms with Crippen LogP contribution in [0.15, 0.2) is 52.4 Å². The second kappa shape index (κ2) is 8.32. The summed E-state index contributed by atoms with van der Waals surface area (Å²) in [7, 11) is -5.72. The Hall–Kier alpha value is -3.12. The van der Waals surface area contributed by atoms with Crippen LogP contribution in [0.3, 0.4) is 0 Å². The van der Waals surface area contributed by atoms with Crippen LogP contribution >= 0.6 is 0 Å². The Bertz CT molecular complexity index is 1220. The highest BCUT2D eigenvalue weighted by atomic mass is 32.2. The zero-order chi connectivity index (χ0) is 21.9. The predicted molar refractivity (Wildman–Crippen MR) is 113 cm³/mol. The molecule has 2 aromatic carbocycles. The molecule has 0 fully saturated rings. The molecule has 0 radical (unpaired) electrons. The van der Waals surface area contributed by atoms with Crippen LogP contribution in [0.5, 0.6) is 5.75 Å². The summed E-state index contributed by atoms with van der Waals surface area (Å²) in [6.45, 7) is 0.0723. The summed E-state index contributed by atoms with van der Waals surface area (Å²) in [6.07, 6.45) is 1.03. The molecule has 3 N–H and O–H groups in total. The van der Waals surface area contributed by atoms with E-state index in [1.807, 2.05) is 0 Å². The molecule has 0 aliphatic carbocycles. The number of methoxy groups -OCH3 is 1. The van der Waals surface area contributed by atoms with Crippen molar-refractivity contribution < 1.29 is 26.4 Å². The smallest absolute Gasteiger partial charge is 0.263 e. The summed E-state index contributed by atoms with van der Waals surface area (Å²) in [4.78, 5) is 16.6. The van der Waals surface area contributed by atoms with Gasteiger partial charge in [0.15, 0.2) is 0 Å². The molecule has 0 saturated carbocycles. The van der Waals surface area contributed by atoms with Gasteiger partial charge in [0, 0.05) is 23.7 Å². The maximum Gasteiger partial charge on any atom is 0.263 e. The van der Waals surface area contributed by atoms with Gasteiger partial charge in [-0.15, -0.1) is 0 Å². The lowest BCUT2D eigenvalue weighted by atomic mass is 10.2. The molecule has 3 rings (SSSR count). The Morgan fingerprint density at radius 1 is 1.20 bits per heavy atom. The Balaban J connectivity index is 1.64. The number of amides is 1. The number of ether oxygens (including phenoxy) is 1. The van der Waals surface area contributed by atoms with Gasteiger partial charge in [-0.3, -0.25) is 19.2 Å². The van der Waals surface area contributed by atoms with Crippen LogP contribution < -0.4 is 19.5 Å². The minimum absolute atomic E-state index is 0.0129. The Labute approximate surface area is 174 Å². The zero-order valence-corrected chi connectivity index (χ0v) is 17.8. The second-order valence-electron chi connectivity index (χ2n) is 6.42. The van der Waals surface area contributed by atoms with Crippen LogP contribution in [0, 0.1) is 0 Å². The fourth-order valence-electron chi connectivity index (χ4n) is 2.80. The lowest BCUT2D eigenvalue weighted by molar-refractivity contribution is -0.116. The lowest BCUT2D eigenvalue weighted by Crippen LogP contribution is -2.23. The molecular weight excluding hydrogens is 432 g/mol. The van der Waals surface area contributed by atoms with Gasteiger partial charge in [0.25, 0.3) is 10.0 Å². The fourth-order valence-corrected chi connectivity index (χ4v) is 4.62. The average molecular weight is 453 g/mol. The Kier molecular flexibility index (Phi) is 5.99. The number of benzene rings is 2. The number of carbonyl (C=O) groups excluding carboxylic acids is 1. The third-order valence-electron chi connectivity index (χ3n) is 4.05. The molecule has 0 atom stereocenters. The first-order valence-electron chi connectivity index (χ1n) is 8.71. The van der Waals surface area contributed by atoms with Crippen molar-refractivity contribution in [3.63, 3.8) is 0 Å². The number of carbonyl (C=O) groups is 1. The van der Waals surface area contributed by atoms with E-state index in [0.717, 1.165) is 6.26 Å². The number of hydrogen-bond donors (Lipinski definition) is 3. The van der Waals surface area contributed by atoms with Crippen molar-refractivity contribution in [2.75, 3.05) is 29.9 Å². The van der Waals surface area contributed by atoms with E-state index in [1.54, 1.807) is 18.2 Å². The van der Waals surface area contributed by atoms with Crippen molar-refractivity contribution in [1.29, 1.82) is 0 Å². The molecule has 0 bridgehead atoms. The number of anilines is 2. The fraction of sp³-hybridized carbons (Fsp3) is 0.222. The molecule has 0 unspecified atom stereocenters. The van der Waals surface area contributed by atoms with Crippen LogP contribution in [0.2, 0.25) is 0 Å². The van der Waals surface area contributed by atoms with E-state index in [-0.39, 0.29) is 41.0 Å². The topological polar surface area (TPSA) is 143 Å². The zero-order valence-electron chi connectivity index (χ0n) is 16.2. The highest BCUT2D eigenvalue weighted by Gasteiger charge is 2.29. The first-order chi connectivity index (χ1) is 14.1. The van der Waals surface area contributed by atoms with Gasteiger partial charge < -0.3 is 10.1 Å². The highest BCUT2D eigenvalue weighted by Crippen LogP contribution is 2.28. The van der Waals surface area contributed by atoms with Crippen LogP contribution in [-0.2, 0) is 24.8 Å². The first-order valence-corrected chi connectivity index (χ1v) is 12.1. The Morgan fingerprint density at radius 2 is 1.93 bits per heavy atom. The van der Waals surface area contributed by atoms with E-state index >= 15 is 0 Å². The first kappa shape index (κ1) is 21.6. The van der Waals surface area contributed by atoms with Crippen LogP contribution in [0.1, 0.15) is 12.0 Å². The number of rotatable bonds is 7. The average Bonchev–Trinajstić information content (AvgIpc) is 2.92. The lowest BCUT2D eigenvalue weighted by Gasteiger charge is -2.12. The van der Waals surface area contributed by atoms with Crippen LogP contribution in [0.25, 0.3) is 0 Å². The summed E-state index contributed by atoms with van der Waals surface area (Å²) in [6, 6.07) is 10.9. The maximum absolute atomic E-state index is 12.2. The predicted octanol–water partition coefficient (Wildman–Crippen LogP) is 1.13. The summed E-state index contributed by atoms with van der Waals surface area (Å²) in [5.74, 6) is 0.103. The molecule has 0 aromatic heterocycles. The Morgan fingerprint density at radius 3 is 2.63 bits per heavy atom. The van der Waals surface area contributed by atoms with Gasteiger partial charge in [-0.2, -0.15) is 0 Å². The molecule has 160 valence electrons. The van der Waals surface area contributed by atoms with Crippen molar-refractivity contribution in [1.82, 2.24) is 4.72 Å². The van der Waals surface area contributed by atoms with Gasteiger partial charge in [-0.05, 0) is 24.3 Å². The SMILES string of the molecule is COc1cc(NC(=O)CCN=C2NS(=O)(=O)c3ccccc32)ccc1NS(C)(=O)=O. The van der Waals surface area contributed by atoms with Gasteiger partial charge in [0.1, 0.15) is 11.6 Å². The molecule has 1 heterocycles. The van der Waals surface area contributed by atoms with E-state index in [9.17, 15) is 21.6 Å². The summed E-state index contributed by atoms with van der Waals surface area (Å²) in [5, 5.41) is 2.66. The molecule has 1 aliphatic rings. The number of nitrogens with one attached hydrogen (secondary N) is 3. The summed E-state index contributed by atoms with van der Waals surface area (Å²) >= 11 is 0. The number of aliphatic imine (C=N–C) groups is 1. The minimum Gasteiger partial charge on any atom is -0.494 e. The van der Waals surface area contributed by atoms with Crippen molar-refractivity contribution in [3.8, 4) is 5.75 Å². The van der Waals surface area contributed by atoms with Crippen LogP contribution in [-0.4, -0.2) is 48.5 Å². The molecule has 1 amide bonds. The van der Waals surface area contributed by atoms with Crippen molar-refractivity contribution in [3.05, 3.63) is 48.0 Å². The number of sulfonamides is 2. The molecule has 0 saturated heterocycles. The van der Waals surface area contributed by atoms with E-state index < -0.39 is 20.0 Å². The van der Waals surface area contributed by atoms with E-state index in [2.05, 4.69) is 19.8 Å². The largest absolute Gasteiger partial charge is 0.494 e. The van der Waals surface area contributed by atoms with Crippen molar-refractivity contribution >= 4 is 43.2 Å². The van der Waals surface area contributed by atoms with Gasteiger partial charge in [0.05, 0.1) is 30.5 Å². The minimum atomic E-state index is -3.62. The van der Waals surface area contributed by atoms with E-state index in [0.29, 0.717) is 11.3 Å². The van der Waals surface area contributed by atoms with Crippen LogP contribution in [0.4, 0.5) is 11.4 Å². The number of hydrogen-bond acceptors (Lipinski definition) is 7. The second-order valence-corrected chi connectivity index (χ2v) is 9.82. The standard InChI is InChI=1S/C18H20N4O6S2/c1-28-15-11-12(7-8-14(15)21-29(2,24)25)20-17(23)9-10-19-18-13-5-3-4-6-16(13)30(26,27)22-18/h3-8,11,21H,9-10H2,1-2H3,(H,19,22)(H,20,23). The van der Waals surface area contributed by atoms with Gasteiger partial charge in [-0.1, -0.05) is 12.1 Å². The highest BCUT2D eigenvalue weighted by molar-refractivity contribution is 7.92. The van der Waals surface area contributed by atoms with Gasteiger partial charge >= 0.3 is 0 Å². The molecule has 30 heavy (non-hydrogen) atoms. The quantitative estimate of drug-likeness (QED) is 0.575. The number of fused-ring (bicyclic) bond motifs is 1. The monoisotopic (exact) mass is 452 g/mol. The van der Waals surface area contributed by atoms with Gasteiger partial charge in [-0.25, -0.2) is 16.8 Å². The summed E-state index contributed by atoms with van der Waals surface area (Å²) in [5.41, 5.74) is 1.13. The number of nitrogens with zero attached hydrogens (tertiary/aromatic N) is 1. The van der Waals surface area contributed by atoms with E-state index in [1.165, 1.54) is 31.4 Å². The summed E-state index contributed by atoms with van der Waals surface area (Å²) < 4.78 is 56.7. The normalized spacial score (nSPS) is 15.9. The molecule has 12 heteroatoms. The third kappa shape index (κ3) is 5.07.